The first-order valence-corrected chi connectivity index (χ1v) is 18.1. The van der Waals surface area contributed by atoms with Gasteiger partial charge in [0, 0.05) is 19.4 Å². The third-order valence-electron chi connectivity index (χ3n) is 6.53. The van der Waals surface area contributed by atoms with Crippen molar-refractivity contribution in [2.24, 2.45) is 5.73 Å². The van der Waals surface area contributed by atoms with Crippen LogP contribution < -0.4 is 5.73 Å². The van der Waals surface area contributed by atoms with E-state index in [9.17, 15) is 19.0 Å². The van der Waals surface area contributed by atoms with Crippen molar-refractivity contribution in [3.8, 4) is 0 Å². The molecule has 0 spiro atoms. The molecule has 0 amide bonds. The van der Waals surface area contributed by atoms with Crippen molar-refractivity contribution in [3.63, 3.8) is 0 Å². The van der Waals surface area contributed by atoms with E-state index in [0.29, 0.717) is 6.42 Å². The Hall–Kier alpha value is -2.03. The van der Waals surface area contributed by atoms with Gasteiger partial charge in [-0.2, -0.15) is 0 Å². The van der Waals surface area contributed by atoms with Crippen molar-refractivity contribution in [2.45, 2.75) is 129 Å². The van der Waals surface area contributed by atoms with Crippen LogP contribution in [0, 0.1) is 0 Å². The summed E-state index contributed by atoms with van der Waals surface area (Å²) in [6, 6.07) is 0. The van der Waals surface area contributed by atoms with Crippen LogP contribution in [-0.2, 0) is 32.7 Å². The molecule has 0 aliphatic rings. The Morgan fingerprint density at radius 3 is 1.77 bits per heavy atom. The molecule has 0 saturated carbocycles. The molecule has 0 radical (unpaired) electrons. The number of unbranched alkanes of at least 4 members (excludes halogenated alkanes) is 10. The van der Waals surface area contributed by atoms with Gasteiger partial charge in [-0.3, -0.25) is 18.6 Å². The first kappa shape index (κ1) is 42.0. The van der Waals surface area contributed by atoms with Crippen molar-refractivity contribution in [2.75, 3.05) is 26.4 Å². The van der Waals surface area contributed by atoms with Crippen molar-refractivity contribution in [3.05, 3.63) is 48.6 Å². The minimum absolute atomic E-state index is 0.0498. The fourth-order valence-electron chi connectivity index (χ4n) is 4.07. The third-order valence-corrected chi connectivity index (χ3v) is 7.52. The highest BCUT2D eigenvalue weighted by atomic mass is 31.2. The second-order valence-corrected chi connectivity index (χ2v) is 12.1. The molecule has 0 bridgehead atoms. The van der Waals surface area contributed by atoms with Gasteiger partial charge in [0.2, 0.25) is 0 Å². The molecule has 44 heavy (non-hydrogen) atoms. The molecule has 3 N–H and O–H groups in total. The van der Waals surface area contributed by atoms with Crippen LogP contribution in [0.15, 0.2) is 48.6 Å². The predicted molar refractivity (Wildman–Crippen MR) is 178 cm³/mol. The molecule has 0 aromatic carbocycles. The summed E-state index contributed by atoms with van der Waals surface area (Å²) >= 11 is 0. The summed E-state index contributed by atoms with van der Waals surface area (Å²) in [6.07, 6.45) is 33.9. The Morgan fingerprint density at radius 2 is 1.23 bits per heavy atom. The second kappa shape index (κ2) is 31.0. The molecular formula is C34H60NO8P. The largest absolute Gasteiger partial charge is 0.472 e. The Morgan fingerprint density at radius 1 is 0.705 bits per heavy atom. The predicted octanol–water partition coefficient (Wildman–Crippen LogP) is 8.43. The van der Waals surface area contributed by atoms with E-state index in [1.807, 2.05) is 0 Å². The Labute approximate surface area is 266 Å². The summed E-state index contributed by atoms with van der Waals surface area (Å²) in [7, 11) is -4.34. The standard InChI is InChI=1S/C34H60NO8P/c1-3-5-6-7-8-9-10-11-12-13-14-15-16-17-18-19-20-21-22-23-24-25-26-27-34(37)43-32(30-40-33(36)4-2)31-42-44(38,39)41-29-28-35/h5-6,8-9,11-12,14-15,32H,3-4,7,10,13,16-31,35H2,1-2H3,(H,38,39)/b6-5-,9-8-,12-11-,15-14-. The molecule has 2 atom stereocenters. The monoisotopic (exact) mass is 641 g/mol. The van der Waals surface area contributed by atoms with Gasteiger partial charge in [-0.25, -0.2) is 4.57 Å². The van der Waals surface area contributed by atoms with Gasteiger partial charge in [0.15, 0.2) is 6.10 Å². The van der Waals surface area contributed by atoms with E-state index >= 15 is 0 Å². The molecule has 254 valence electrons. The van der Waals surface area contributed by atoms with Gasteiger partial charge < -0.3 is 20.1 Å². The van der Waals surface area contributed by atoms with Gasteiger partial charge in [0.1, 0.15) is 6.61 Å². The normalized spacial score (nSPS) is 14.2. The van der Waals surface area contributed by atoms with Crippen LogP contribution in [0.4, 0.5) is 0 Å². The van der Waals surface area contributed by atoms with E-state index < -0.39 is 32.5 Å². The van der Waals surface area contributed by atoms with Crippen LogP contribution in [0.1, 0.15) is 123 Å². The maximum Gasteiger partial charge on any atom is 0.472 e. The maximum atomic E-state index is 12.3. The van der Waals surface area contributed by atoms with Crippen LogP contribution >= 0.6 is 7.82 Å². The zero-order valence-corrected chi connectivity index (χ0v) is 28.3. The van der Waals surface area contributed by atoms with Gasteiger partial charge in [0.25, 0.3) is 0 Å². The van der Waals surface area contributed by atoms with E-state index in [2.05, 4.69) is 60.1 Å². The number of rotatable bonds is 30. The topological polar surface area (TPSA) is 134 Å². The summed E-state index contributed by atoms with van der Waals surface area (Å²) in [5.41, 5.74) is 5.26. The highest BCUT2D eigenvalue weighted by Crippen LogP contribution is 2.43. The van der Waals surface area contributed by atoms with E-state index in [0.717, 1.165) is 51.4 Å². The molecule has 0 aliphatic carbocycles. The quantitative estimate of drug-likeness (QED) is 0.0343. The average Bonchev–Trinajstić information content (AvgIpc) is 3.01. The van der Waals surface area contributed by atoms with Crippen LogP contribution in [0.3, 0.4) is 0 Å². The third kappa shape index (κ3) is 30.0. The number of nitrogens with two attached hydrogens (primary N) is 1. The Bertz CT molecular complexity index is 871. The highest BCUT2D eigenvalue weighted by molar-refractivity contribution is 7.47. The fourth-order valence-corrected chi connectivity index (χ4v) is 4.84. The average molecular weight is 642 g/mol. The zero-order chi connectivity index (χ0) is 32.6. The number of esters is 2. The van der Waals surface area contributed by atoms with Crippen molar-refractivity contribution in [1.82, 2.24) is 0 Å². The lowest BCUT2D eigenvalue weighted by atomic mass is 10.0. The molecule has 0 aliphatic heterocycles. The van der Waals surface area contributed by atoms with Gasteiger partial charge in [-0.05, 0) is 44.9 Å². The van der Waals surface area contributed by atoms with Crippen LogP contribution in [0.5, 0.6) is 0 Å². The van der Waals surface area contributed by atoms with E-state index in [-0.39, 0.29) is 32.6 Å². The van der Waals surface area contributed by atoms with Gasteiger partial charge in [-0.15, -0.1) is 0 Å². The van der Waals surface area contributed by atoms with Crippen molar-refractivity contribution in [1.29, 1.82) is 0 Å². The number of phosphoric ester groups is 1. The molecule has 2 unspecified atom stereocenters. The molecule has 10 heteroatoms. The molecule has 0 saturated heterocycles. The minimum Gasteiger partial charge on any atom is -0.462 e. The van der Waals surface area contributed by atoms with Crippen LogP contribution in [0.25, 0.3) is 0 Å². The van der Waals surface area contributed by atoms with Crippen molar-refractivity contribution >= 4 is 19.8 Å². The first-order chi connectivity index (χ1) is 21.3. The molecule has 0 rings (SSSR count). The number of ether oxygens (including phenoxy) is 2. The summed E-state index contributed by atoms with van der Waals surface area (Å²) in [4.78, 5) is 33.4. The molecular weight excluding hydrogens is 581 g/mol. The molecule has 0 aromatic heterocycles. The number of hydrogen-bond acceptors (Lipinski definition) is 8. The summed E-state index contributed by atoms with van der Waals surface area (Å²) in [5.74, 6) is -0.938. The van der Waals surface area contributed by atoms with E-state index in [1.54, 1.807) is 6.92 Å². The number of phosphoric acid groups is 1. The highest BCUT2D eigenvalue weighted by Gasteiger charge is 2.25. The lowest BCUT2D eigenvalue weighted by Crippen LogP contribution is -2.29. The number of carbonyl (C=O) groups is 2. The first-order valence-electron chi connectivity index (χ1n) is 16.6. The number of hydrogen-bond donors (Lipinski definition) is 2. The maximum absolute atomic E-state index is 12.3. The number of allylic oxidation sites excluding steroid dienone is 8. The Kier molecular flexibility index (Phi) is 29.5. The summed E-state index contributed by atoms with van der Waals surface area (Å²) in [6.45, 7) is 2.98. The van der Waals surface area contributed by atoms with Crippen LogP contribution in [-0.4, -0.2) is 49.3 Å². The summed E-state index contributed by atoms with van der Waals surface area (Å²) in [5, 5.41) is 0. The SMILES string of the molecule is CC/C=C\C/C=C\C/C=C\C/C=C\CCCCCCCCCCCCC(=O)OC(COC(=O)CC)COP(=O)(O)OCCN. The van der Waals surface area contributed by atoms with Gasteiger partial charge in [0.05, 0.1) is 13.2 Å². The zero-order valence-electron chi connectivity index (χ0n) is 27.4. The second-order valence-electron chi connectivity index (χ2n) is 10.6. The summed E-state index contributed by atoms with van der Waals surface area (Å²) < 4.78 is 31.7. The lowest BCUT2D eigenvalue weighted by molar-refractivity contribution is -0.161. The molecule has 0 fully saturated rings. The molecule has 0 aromatic rings. The van der Waals surface area contributed by atoms with E-state index in [1.165, 1.54) is 38.5 Å². The van der Waals surface area contributed by atoms with Gasteiger partial charge in [-0.1, -0.05) is 114 Å². The molecule has 0 heterocycles. The Balaban J connectivity index is 3.81. The number of carbonyl (C=O) groups excluding carboxylic acids is 2. The minimum atomic E-state index is -4.34. The fraction of sp³-hybridized carbons (Fsp3) is 0.706. The van der Waals surface area contributed by atoms with E-state index in [4.69, 9.17) is 19.7 Å². The lowest BCUT2D eigenvalue weighted by Gasteiger charge is -2.19. The van der Waals surface area contributed by atoms with Crippen LogP contribution in [0.2, 0.25) is 0 Å². The van der Waals surface area contributed by atoms with Gasteiger partial charge >= 0.3 is 19.8 Å². The molecule has 9 nitrogen and oxygen atoms in total. The smallest absolute Gasteiger partial charge is 0.462 e. The van der Waals surface area contributed by atoms with Crippen molar-refractivity contribution < 1.29 is 37.6 Å².